The van der Waals surface area contributed by atoms with Crippen LogP contribution >= 0.6 is 0 Å². The number of rotatable bonds is 6. The fourth-order valence-electron chi connectivity index (χ4n) is 4.61. The monoisotopic (exact) mass is 462 g/mol. The highest BCUT2D eigenvalue weighted by Crippen LogP contribution is 2.26. The van der Waals surface area contributed by atoms with E-state index in [1.54, 1.807) is 18.2 Å². The Morgan fingerprint density at radius 3 is 2.18 bits per heavy atom. The highest BCUT2D eigenvalue weighted by atomic mass is 16.6. The third-order valence-electron chi connectivity index (χ3n) is 6.58. The van der Waals surface area contributed by atoms with Crippen LogP contribution in [0.5, 0.6) is 0 Å². The Bertz CT molecular complexity index is 1040. The lowest BCUT2D eigenvalue weighted by molar-refractivity contribution is -0.384. The molecule has 0 bridgehead atoms. The molecule has 0 radical (unpaired) electrons. The maximum atomic E-state index is 12.8. The number of benzene rings is 2. The molecule has 1 aliphatic heterocycles. The molecule has 1 saturated carbocycles. The summed E-state index contributed by atoms with van der Waals surface area (Å²) in [6, 6.07) is 13.7. The Balaban J connectivity index is 1.25. The quantitative estimate of drug-likeness (QED) is 0.388. The van der Waals surface area contributed by atoms with Gasteiger partial charge < -0.3 is 15.1 Å². The number of hydrogen-bond acceptors (Lipinski definition) is 5. The molecule has 1 heterocycles. The molecule has 0 aromatic heterocycles. The van der Waals surface area contributed by atoms with Gasteiger partial charge in [0, 0.05) is 61.7 Å². The van der Waals surface area contributed by atoms with Crippen molar-refractivity contribution in [3.63, 3.8) is 0 Å². The smallest absolute Gasteiger partial charge is 0.269 e. The molecule has 4 rings (SSSR count). The summed E-state index contributed by atoms with van der Waals surface area (Å²) in [6.07, 6.45) is 8.69. The van der Waals surface area contributed by atoms with Crippen LogP contribution < -0.4 is 10.2 Å². The number of nitrogens with zero attached hydrogens (tertiary/aromatic N) is 3. The molecular formula is C26H30N4O4. The van der Waals surface area contributed by atoms with Crippen molar-refractivity contribution < 1.29 is 14.5 Å². The van der Waals surface area contributed by atoms with Crippen molar-refractivity contribution in [3.8, 4) is 0 Å². The Kier molecular flexibility index (Phi) is 7.57. The molecule has 2 fully saturated rings. The van der Waals surface area contributed by atoms with Gasteiger partial charge in [0.15, 0.2) is 0 Å². The Morgan fingerprint density at radius 2 is 1.56 bits per heavy atom. The maximum Gasteiger partial charge on any atom is 0.269 e. The fraction of sp³-hybridized carbons (Fsp3) is 0.385. The van der Waals surface area contributed by atoms with Crippen LogP contribution in [-0.4, -0.2) is 47.8 Å². The van der Waals surface area contributed by atoms with E-state index in [2.05, 4.69) is 10.2 Å². The van der Waals surface area contributed by atoms with Crippen LogP contribution in [0, 0.1) is 16.0 Å². The number of carbonyl (C=O) groups is 2. The zero-order chi connectivity index (χ0) is 23.9. The van der Waals surface area contributed by atoms with Crippen molar-refractivity contribution in [1.82, 2.24) is 4.90 Å². The van der Waals surface area contributed by atoms with E-state index in [-0.39, 0.29) is 17.5 Å². The number of carbonyl (C=O) groups excluding carboxylic acids is 2. The molecule has 34 heavy (non-hydrogen) atoms. The first-order valence-corrected chi connectivity index (χ1v) is 11.9. The fourth-order valence-corrected chi connectivity index (χ4v) is 4.61. The van der Waals surface area contributed by atoms with Crippen LogP contribution in [0.3, 0.4) is 0 Å². The standard InChI is InChI=1S/C26H30N4O4/c31-25(15-8-20-6-11-24(12-7-20)30(33)34)27-22-9-13-23(14-10-22)28-16-18-29(19-17-28)26(32)21-4-2-1-3-5-21/h6-15,21H,1-5,16-19H2,(H,27,31)/b15-8+. The molecule has 1 N–H and O–H groups in total. The first-order chi connectivity index (χ1) is 16.5. The van der Waals surface area contributed by atoms with E-state index in [0.717, 1.165) is 44.7 Å². The number of nitro groups is 1. The third-order valence-corrected chi connectivity index (χ3v) is 6.58. The average Bonchev–Trinajstić information content (AvgIpc) is 2.88. The molecule has 178 valence electrons. The van der Waals surface area contributed by atoms with Gasteiger partial charge in [0.1, 0.15) is 0 Å². The van der Waals surface area contributed by atoms with Crippen molar-refractivity contribution >= 4 is 35.0 Å². The van der Waals surface area contributed by atoms with Crippen molar-refractivity contribution in [2.75, 3.05) is 36.4 Å². The summed E-state index contributed by atoms with van der Waals surface area (Å²) < 4.78 is 0. The second kappa shape index (κ2) is 11.0. The molecule has 2 aromatic carbocycles. The molecule has 0 unspecified atom stereocenters. The summed E-state index contributed by atoms with van der Waals surface area (Å²) in [5.41, 5.74) is 2.48. The minimum atomic E-state index is -0.458. The van der Waals surface area contributed by atoms with Gasteiger partial charge in [-0.15, -0.1) is 0 Å². The average molecular weight is 463 g/mol. The summed E-state index contributed by atoms with van der Waals surface area (Å²) in [5.74, 6) is 0.276. The molecule has 1 aliphatic carbocycles. The predicted molar refractivity (Wildman–Crippen MR) is 133 cm³/mol. The second-order valence-corrected chi connectivity index (χ2v) is 8.87. The largest absolute Gasteiger partial charge is 0.368 e. The van der Waals surface area contributed by atoms with E-state index in [1.165, 1.54) is 37.5 Å². The zero-order valence-corrected chi connectivity index (χ0v) is 19.2. The van der Waals surface area contributed by atoms with Crippen molar-refractivity contribution in [3.05, 3.63) is 70.3 Å². The summed E-state index contributed by atoms with van der Waals surface area (Å²) in [4.78, 5) is 39.5. The SMILES string of the molecule is O=C(/C=C/c1ccc([N+](=O)[O-])cc1)Nc1ccc(N2CCN(C(=O)C3CCCCC3)CC2)cc1. The van der Waals surface area contributed by atoms with E-state index in [1.807, 2.05) is 29.2 Å². The number of piperazine rings is 1. The number of anilines is 2. The third kappa shape index (κ3) is 6.01. The number of nitro benzene ring substituents is 1. The molecule has 2 amide bonds. The maximum absolute atomic E-state index is 12.8. The van der Waals surface area contributed by atoms with Gasteiger partial charge in [-0.1, -0.05) is 19.3 Å². The van der Waals surface area contributed by atoms with Gasteiger partial charge in [-0.3, -0.25) is 19.7 Å². The number of non-ortho nitro benzene ring substituents is 1. The molecule has 0 atom stereocenters. The molecule has 8 heteroatoms. The highest BCUT2D eigenvalue weighted by Gasteiger charge is 2.28. The summed E-state index contributed by atoms with van der Waals surface area (Å²) in [6.45, 7) is 3.12. The minimum absolute atomic E-state index is 0.0129. The van der Waals surface area contributed by atoms with Crippen LogP contribution in [0.25, 0.3) is 6.08 Å². The number of hydrogen-bond donors (Lipinski definition) is 1. The van der Waals surface area contributed by atoms with E-state index in [4.69, 9.17) is 0 Å². The van der Waals surface area contributed by atoms with Crippen LogP contribution in [0.1, 0.15) is 37.7 Å². The topological polar surface area (TPSA) is 95.8 Å². The van der Waals surface area contributed by atoms with E-state index < -0.39 is 4.92 Å². The van der Waals surface area contributed by atoms with Crippen LogP contribution in [0.2, 0.25) is 0 Å². The van der Waals surface area contributed by atoms with Gasteiger partial charge in [-0.25, -0.2) is 0 Å². The molecule has 2 aromatic rings. The minimum Gasteiger partial charge on any atom is -0.368 e. The summed E-state index contributed by atoms with van der Waals surface area (Å²) in [5, 5.41) is 13.5. The second-order valence-electron chi connectivity index (χ2n) is 8.87. The molecule has 2 aliphatic rings. The van der Waals surface area contributed by atoms with Crippen LogP contribution in [0.4, 0.5) is 17.1 Å². The highest BCUT2D eigenvalue weighted by molar-refractivity contribution is 6.02. The van der Waals surface area contributed by atoms with Gasteiger partial charge in [-0.05, 0) is 60.9 Å². The molecular weight excluding hydrogens is 432 g/mol. The first-order valence-electron chi connectivity index (χ1n) is 11.9. The van der Waals surface area contributed by atoms with E-state index in [0.29, 0.717) is 17.2 Å². The van der Waals surface area contributed by atoms with Gasteiger partial charge >= 0.3 is 0 Å². The molecule has 8 nitrogen and oxygen atoms in total. The van der Waals surface area contributed by atoms with Gasteiger partial charge in [0.2, 0.25) is 11.8 Å². The number of amides is 2. The first kappa shape index (κ1) is 23.5. The lowest BCUT2D eigenvalue weighted by Gasteiger charge is -2.38. The zero-order valence-electron chi connectivity index (χ0n) is 19.2. The molecule has 0 spiro atoms. The summed E-state index contributed by atoms with van der Waals surface area (Å²) >= 11 is 0. The molecule has 1 saturated heterocycles. The van der Waals surface area contributed by atoms with E-state index >= 15 is 0 Å². The Labute approximate surface area is 199 Å². The Hall–Kier alpha value is -3.68. The van der Waals surface area contributed by atoms with Gasteiger partial charge in [0.05, 0.1) is 4.92 Å². The Morgan fingerprint density at radius 1 is 0.912 bits per heavy atom. The van der Waals surface area contributed by atoms with Crippen LogP contribution in [-0.2, 0) is 9.59 Å². The normalized spacial score (nSPS) is 17.1. The summed E-state index contributed by atoms with van der Waals surface area (Å²) in [7, 11) is 0. The van der Waals surface area contributed by atoms with Crippen LogP contribution in [0.15, 0.2) is 54.6 Å². The van der Waals surface area contributed by atoms with Gasteiger partial charge in [0.25, 0.3) is 5.69 Å². The van der Waals surface area contributed by atoms with Crippen molar-refractivity contribution in [2.24, 2.45) is 5.92 Å². The lowest BCUT2D eigenvalue weighted by Crippen LogP contribution is -2.50. The lowest BCUT2D eigenvalue weighted by atomic mass is 9.88. The predicted octanol–water partition coefficient (Wildman–Crippen LogP) is 4.48. The number of nitrogens with one attached hydrogen (secondary N) is 1. The van der Waals surface area contributed by atoms with E-state index in [9.17, 15) is 19.7 Å². The van der Waals surface area contributed by atoms with Crippen molar-refractivity contribution in [1.29, 1.82) is 0 Å². The van der Waals surface area contributed by atoms with Gasteiger partial charge in [-0.2, -0.15) is 0 Å². The van der Waals surface area contributed by atoms with Crippen molar-refractivity contribution in [2.45, 2.75) is 32.1 Å².